The van der Waals surface area contributed by atoms with Gasteiger partial charge in [-0.25, -0.2) is 0 Å². The summed E-state index contributed by atoms with van der Waals surface area (Å²) in [5.41, 5.74) is 0. The lowest BCUT2D eigenvalue weighted by molar-refractivity contribution is -0.0875. The van der Waals surface area contributed by atoms with Crippen LogP contribution in [0.1, 0.15) is 12.8 Å². The normalized spacial score (nSPS) is 34.2. The van der Waals surface area contributed by atoms with Crippen molar-refractivity contribution in [2.45, 2.75) is 25.0 Å². The van der Waals surface area contributed by atoms with Crippen molar-refractivity contribution >= 4 is 12.9 Å². The molecule has 2 atom stereocenters. The van der Waals surface area contributed by atoms with Gasteiger partial charge in [0.05, 0.1) is 12.7 Å². The third-order valence-electron chi connectivity index (χ3n) is 1.64. The molecule has 0 saturated carbocycles. The number of aliphatic hydroxyl groups excluding tert-OH is 1. The summed E-state index contributed by atoms with van der Waals surface area (Å²) in [6.07, 6.45) is 1.19. The van der Waals surface area contributed by atoms with Crippen molar-refractivity contribution in [1.29, 1.82) is 0 Å². The second kappa shape index (κ2) is 4.18. The molecule has 0 amide bonds. The maximum Gasteiger partial charge on any atom is 0.108 e. The van der Waals surface area contributed by atoms with E-state index in [-0.39, 0.29) is 12.2 Å². The van der Waals surface area contributed by atoms with Crippen LogP contribution in [0, 0.1) is 0 Å². The molecule has 0 aromatic carbocycles. The van der Waals surface area contributed by atoms with Crippen LogP contribution in [0.15, 0.2) is 0 Å². The van der Waals surface area contributed by atoms with Gasteiger partial charge in [0.1, 0.15) is 6.10 Å². The van der Waals surface area contributed by atoms with E-state index in [1.54, 1.807) is 0 Å². The number of hydrogen-bond acceptors (Lipinski definition) is 4. The Morgan fingerprint density at radius 3 is 3.10 bits per heavy atom. The molecule has 0 radical (unpaired) electrons. The second-order valence-corrected chi connectivity index (χ2v) is 2.67. The van der Waals surface area contributed by atoms with E-state index < -0.39 is 0 Å². The van der Waals surface area contributed by atoms with Gasteiger partial charge in [0.2, 0.25) is 0 Å². The standard InChI is InChI=1S/C6H12O3S/c7-5-2-1-3-8-6(5)4-9-10/h5-7,10H,1-4H2. The lowest BCUT2D eigenvalue weighted by atomic mass is 10.1. The lowest BCUT2D eigenvalue weighted by Gasteiger charge is -2.26. The van der Waals surface area contributed by atoms with E-state index in [9.17, 15) is 5.11 Å². The Morgan fingerprint density at radius 2 is 2.50 bits per heavy atom. The Balaban J connectivity index is 2.25. The van der Waals surface area contributed by atoms with Gasteiger partial charge in [-0.3, -0.25) is 0 Å². The first-order chi connectivity index (χ1) is 4.84. The minimum atomic E-state index is -0.374. The van der Waals surface area contributed by atoms with Gasteiger partial charge in [0, 0.05) is 6.61 Å². The fourth-order valence-corrected chi connectivity index (χ4v) is 1.20. The highest BCUT2D eigenvalue weighted by Crippen LogP contribution is 2.13. The second-order valence-electron chi connectivity index (χ2n) is 2.41. The van der Waals surface area contributed by atoms with Crippen LogP contribution in [0.5, 0.6) is 0 Å². The molecule has 0 aliphatic carbocycles. The van der Waals surface area contributed by atoms with E-state index in [4.69, 9.17) is 4.74 Å². The maximum absolute atomic E-state index is 9.26. The SMILES string of the molecule is OC1CCCOC1COS. The highest BCUT2D eigenvalue weighted by atomic mass is 32.1. The van der Waals surface area contributed by atoms with Crippen LogP contribution in [0.25, 0.3) is 0 Å². The Morgan fingerprint density at radius 1 is 1.70 bits per heavy atom. The zero-order chi connectivity index (χ0) is 7.40. The minimum Gasteiger partial charge on any atom is -0.390 e. The van der Waals surface area contributed by atoms with Gasteiger partial charge in [-0.15, -0.1) is 0 Å². The van der Waals surface area contributed by atoms with Crippen LogP contribution < -0.4 is 0 Å². The molecule has 1 aliphatic rings. The van der Waals surface area contributed by atoms with E-state index >= 15 is 0 Å². The van der Waals surface area contributed by atoms with Crippen LogP contribution in [0.4, 0.5) is 0 Å². The zero-order valence-electron chi connectivity index (χ0n) is 5.69. The highest BCUT2D eigenvalue weighted by molar-refractivity contribution is 7.75. The molecule has 0 spiro atoms. The van der Waals surface area contributed by atoms with Crippen molar-refractivity contribution in [2.75, 3.05) is 13.2 Å². The topological polar surface area (TPSA) is 38.7 Å². The number of ether oxygens (including phenoxy) is 1. The summed E-state index contributed by atoms with van der Waals surface area (Å²) in [6, 6.07) is 0. The predicted molar refractivity (Wildman–Crippen MR) is 39.9 cm³/mol. The molecule has 1 saturated heterocycles. The average molecular weight is 164 g/mol. The molecule has 2 unspecified atom stereocenters. The lowest BCUT2D eigenvalue weighted by Crippen LogP contribution is -2.36. The van der Waals surface area contributed by atoms with Crippen molar-refractivity contribution in [3.8, 4) is 0 Å². The molecular formula is C6H12O3S. The number of hydrogen-bond donors (Lipinski definition) is 2. The maximum atomic E-state index is 9.26. The van der Waals surface area contributed by atoms with E-state index in [2.05, 4.69) is 17.1 Å². The van der Waals surface area contributed by atoms with E-state index in [1.807, 2.05) is 0 Å². The molecule has 0 bridgehead atoms. The fourth-order valence-electron chi connectivity index (χ4n) is 1.06. The molecule has 0 aromatic heterocycles. The van der Waals surface area contributed by atoms with Gasteiger partial charge < -0.3 is 14.0 Å². The first-order valence-electron chi connectivity index (χ1n) is 3.40. The summed E-state index contributed by atoms with van der Waals surface area (Å²) in [7, 11) is 0. The molecule has 1 rings (SSSR count). The molecule has 1 heterocycles. The van der Waals surface area contributed by atoms with Crippen molar-refractivity contribution in [2.24, 2.45) is 0 Å². The van der Waals surface area contributed by atoms with Gasteiger partial charge in [0.15, 0.2) is 0 Å². The van der Waals surface area contributed by atoms with Gasteiger partial charge in [0.25, 0.3) is 0 Å². The molecule has 1 N–H and O–H groups in total. The monoisotopic (exact) mass is 164 g/mol. The quantitative estimate of drug-likeness (QED) is 0.458. The molecule has 10 heavy (non-hydrogen) atoms. The summed E-state index contributed by atoms with van der Waals surface area (Å²) in [5.74, 6) is 0. The average Bonchev–Trinajstić information content (AvgIpc) is 1.94. The van der Waals surface area contributed by atoms with E-state index in [0.717, 1.165) is 19.4 Å². The van der Waals surface area contributed by atoms with E-state index in [0.29, 0.717) is 6.61 Å². The highest BCUT2D eigenvalue weighted by Gasteiger charge is 2.23. The van der Waals surface area contributed by atoms with Crippen LogP contribution in [-0.2, 0) is 8.92 Å². The van der Waals surface area contributed by atoms with Gasteiger partial charge >= 0.3 is 0 Å². The third kappa shape index (κ3) is 2.12. The van der Waals surface area contributed by atoms with Crippen LogP contribution in [0.2, 0.25) is 0 Å². The summed E-state index contributed by atoms with van der Waals surface area (Å²) in [4.78, 5) is 0. The van der Waals surface area contributed by atoms with Crippen molar-refractivity contribution < 1.29 is 14.0 Å². The van der Waals surface area contributed by atoms with Gasteiger partial charge in [-0.2, -0.15) is 0 Å². The molecule has 1 fully saturated rings. The van der Waals surface area contributed by atoms with Crippen LogP contribution >= 0.6 is 12.9 Å². The van der Waals surface area contributed by atoms with Crippen LogP contribution in [0.3, 0.4) is 0 Å². The number of aliphatic hydroxyl groups is 1. The first kappa shape index (κ1) is 8.33. The summed E-state index contributed by atoms with van der Waals surface area (Å²) in [6.45, 7) is 1.09. The first-order valence-corrected chi connectivity index (χ1v) is 3.77. The molecule has 60 valence electrons. The smallest absolute Gasteiger partial charge is 0.108 e. The van der Waals surface area contributed by atoms with Gasteiger partial charge in [-0.05, 0) is 25.8 Å². The molecule has 4 heteroatoms. The van der Waals surface area contributed by atoms with Gasteiger partial charge in [-0.1, -0.05) is 0 Å². The third-order valence-corrected chi connectivity index (χ3v) is 1.79. The number of rotatable bonds is 2. The Bertz CT molecular complexity index is 97.0. The zero-order valence-corrected chi connectivity index (χ0v) is 6.59. The molecule has 0 aromatic rings. The minimum absolute atomic E-state index is 0.175. The Labute approximate surface area is 65.9 Å². The van der Waals surface area contributed by atoms with Crippen LogP contribution in [-0.4, -0.2) is 30.5 Å². The molecular weight excluding hydrogens is 152 g/mol. The van der Waals surface area contributed by atoms with Crippen molar-refractivity contribution in [3.05, 3.63) is 0 Å². The molecule has 3 nitrogen and oxygen atoms in total. The van der Waals surface area contributed by atoms with Crippen molar-refractivity contribution in [3.63, 3.8) is 0 Å². The van der Waals surface area contributed by atoms with Crippen molar-refractivity contribution in [1.82, 2.24) is 0 Å². The summed E-state index contributed by atoms with van der Waals surface area (Å²) >= 11 is 3.58. The Hall–Kier alpha value is 0.230. The predicted octanol–water partition coefficient (Wildman–Crippen LogP) is 0.388. The summed E-state index contributed by atoms with van der Waals surface area (Å²) in [5, 5.41) is 9.26. The largest absolute Gasteiger partial charge is 0.390 e. The fraction of sp³-hybridized carbons (Fsp3) is 1.00. The Kier molecular flexibility index (Phi) is 3.48. The summed E-state index contributed by atoms with van der Waals surface area (Å²) < 4.78 is 9.77. The molecule has 1 aliphatic heterocycles. The number of thiol groups is 1. The van der Waals surface area contributed by atoms with E-state index in [1.165, 1.54) is 0 Å².